The predicted octanol–water partition coefficient (Wildman–Crippen LogP) is 3.48. The Morgan fingerprint density at radius 2 is 1.65 bits per heavy atom. The van der Waals surface area contributed by atoms with Crippen LogP contribution in [0.25, 0.3) is 10.8 Å². The topological polar surface area (TPSA) is 92.8 Å². The van der Waals surface area contributed by atoms with Crippen LogP contribution >= 0.6 is 0 Å². The summed E-state index contributed by atoms with van der Waals surface area (Å²) in [5.41, 5.74) is 1.65. The van der Waals surface area contributed by atoms with E-state index in [9.17, 15) is 18.0 Å². The Bertz CT molecular complexity index is 1220. The first-order valence-electron chi connectivity index (χ1n) is 9.67. The van der Waals surface area contributed by atoms with Crippen LogP contribution in [0, 0.1) is 6.92 Å². The fourth-order valence-corrected chi connectivity index (χ4v) is 4.04. The zero-order valence-corrected chi connectivity index (χ0v) is 18.3. The van der Waals surface area contributed by atoms with Crippen molar-refractivity contribution in [2.75, 3.05) is 22.4 Å². The molecular formula is C23H24N2O5S. The third-order valence-electron chi connectivity index (χ3n) is 4.75. The van der Waals surface area contributed by atoms with Gasteiger partial charge in [-0.25, -0.2) is 8.42 Å². The zero-order chi connectivity index (χ0) is 22.6. The third-order valence-corrected chi connectivity index (χ3v) is 5.88. The number of benzene rings is 3. The number of ether oxygens (including phenoxy) is 1. The molecule has 0 radical (unpaired) electrons. The molecule has 0 aliphatic rings. The van der Waals surface area contributed by atoms with Crippen LogP contribution in [0.2, 0.25) is 0 Å². The lowest BCUT2D eigenvalue weighted by Crippen LogP contribution is -2.39. The van der Waals surface area contributed by atoms with E-state index in [2.05, 4.69) is 5.32 Å². The van der Waals surface area contributed by atoms with Crippen molar-refractivity contribution in [3.8, 4) is 0 Å². The van der Waals surface area contributed by atoms with Crippen molar-refractivity contribution in [2.24, 2.45) is 0 Å². The van der Waals surface area contributed by atoms with Crippen molar-refractivity contribution in [1.29, 1.82) is 0 Å². The van der Waals surface area contributed by atoms with Crippen LogP contribution in [0.3, 0.4) is 0 Å². The normalized spacial score (nSPS) is 12.2. The maximum atomic E-state index is 12.5. The average molecular weight is 441 g/mol. The lowest BCUT2D eigenvalue weighted by Gasteiger charge is -2.24. The van der Waals surface area contributed by atoms with Gasteiger partial charge < -0.3 is 10.1 Å². The van der Waals surface area contributed by atoms with Gasteiger partial charge in [-0.15, -0.1) is 0 Å². The summed E-state index contributed by atoms with van der Waals surface area (Å²) in [5, 5.41) is 4.72. The molecule has 0 spiro atoms. The number of sulfonamides is 1. The first-order chi connectivity index (χ1) is 14.6. The Morgan fingerprint density at radius 3 is 2.32 bits per heavy atom. The van der Waals surface area contributed by atoms with Crippen LogP contribution in [0.4, 0.5) is 11.4 Å². The van der Waals surface area contributed by atoms with Gasteiger partial charge in [0.2, 0.25) is 10.0 Å². The summed E-state index contributed by atoms with van der Waals surface area (Å²) in [6.45, 7) is 2.66. The molecule has 1 N–H and O–H groups in total. The van der Waals surface area contributed by atoms with Gasteiger partial charge >= 0.3 is 5.97 Å². The molecule has 3 aromatic carbocycles. The van der Waals surface area contributed by atoms with Crippen molar-refractivity contribution in [3.05, 3.63) is 72.3 Å². The van der Waals surface area contributed by atoms with E-state index in [1.54, 1.807) is 37.3 Å². The molecule has 0 heterocycles. The van der Waals surface area contributed by atoms with Crippen LogP contribution in [0.5, 0.6) is 0 Å². The molecule has 31 heavy (non-hydrogen) atoms. The Balaban J connectivity index is 1.66. The average Bonchev–Trinajstić information content (AvgIpc) is 2.71. The Kier molecular flexibility index (Phi) is 6.60. The number of nitrogens with one attached hydrogen (secondary N) is 1. The van der Waals surface area contributed by atoms with Crippen molar-refractivity contribution < 1.29 is 22.7 Å². The minimum Gasteiger partial charge on any atom is -0.451 e. The standard InChI is InChI=1S/C23H24N2O5S/c1-16-8-4-7-11-21(16)25(31(3,28)29)15-22(26)30-17(2)23(27)24-20-13-12-18-9-5-6-10-19(18)14-20/h4-14,17H,15H2,1-3H3,(H,24,27). The number of hydrogen-bond donors (Lipinski definition) is 1. The van der Waals surface area contributed by atoms with Gasteiger partial charge in [0.25, 0.3) is 5.91 Å². The maximum absolute atomic E-state index is 12.5. The van der Waals surface area contributed by atoms with E-state index in [-0.39, 0.29) is 0 Å². The molecule has 0 aliphatic heterocycles. The van der Waals surface area contributed by atoms with E-state index in [1.807, 2.05) is 36.4 Å². The lowest BCUT2D eigenvalue weighted by molar-refractivity contribution is -0.151. The summed E-state index contributed by atoms with van der Waals surface area (Å²) in [4.78, 5) is 24.9. The minimum absolute atomic E-state index is 0.384. The highest BCUT2D eigenvalue weighted by molar-refractivity contribution is 7.92. The number of anilines is 2. The molecule has 1 atom stereocenters. The number of carbonyl (C=O) groups is 2. The van der Waals surface area contributed by atoms with E-state index < -0.39 is 34.5 Å². The van der Waals surface area contributed by atoms with Gasteiger partial charge in [0, 0.05) is 5.69 Å². The molecular weight excluding hydrogens is 416 g/mol. The zero-order valence-electron chi connectivity index (χ0n) is 17.5. The predicted molar refractivity (Wildman–Crippen MR) is 122 cm³/mol. The van der Waals surface area contributed by atoms with Crippen LogP contribution in [-0.4, -0.2) is 39.2 Å². The minimum atomic E-state index is -3.73. The summed E-state index contributed by atoms with van der Waals surface area (Å²) >= 11 is 0. The summed E-state index contributed by atoms with van der Waals surface area (Å²) < 4.78 is 30.6. The highest BCUT2D eigenvalue weighted by atomic mass is 32.2. The second-order valence-electron chi connectivity index (χ2n) is 7.24. The molecule has 8 heteroatoms. The Hall–Kier alpha value is -3.39. The van der Waals surface area contributed by atoms with Crippen LogP contribution < -0.4 is 9.62 Å². The van der Waals surface area contributed by atoms with Gasteiger partial charge in [0.15, 0.2) is 6.10 Å². The van der Waals surface area contributed by atoms with Crippen molar-refractivity contribution >= 4 is 44.0 Å². The number of rotatable bonds is 7. The number of para-hydroxylation sites is 1. The second kappa shape index (κ2) is 9.18. The SMILES string of the molecule is Cc1ccccc1N(CC(=O)OC(C)C(=O)Nc1ccc2ccccc2c1)S(C)(=O)=O. The van der Waals surface area contributed by atoms with Gasteiger partial charge in [-0.1, -0.05) is 48.5 Å². The van der Waals surface area contributed by atoms with E-state index >= 15 is 0 Å². The molecule has 3 aromatic rings. The molecule has 162 valence electrons. The molecule has 7 nitrogen and oxygen atoms in total. The van der Waals surface area contributed by atoms with Gasteiger partial charge in [-0.3, -0.25) is 13.9 Å². The molecule has 0 fully saturated rings. The first kappa shape index (κ1) is 22.3. The number of nitrogens with zero attached hydrogens (tertiary/aromatic N) is 1. The van der Waals surface area contributed by atoms with Crippen LogP contribution in [0.1, 0.15) is 12.5 Å². The van der Waals surface area contributed by atoms with E-state index in [4.69, 9.17) is 4.74 Å². The number of carbonyl (C=O) groups excluding carboxylic acids is 2. The number of hydrogen-bond acceptors (Lipinski definition) is 5. The molecule has 0 aromatic heterocycles. The Labute approximate surface area is 181 Å². The van der Waals surface area contributed by atoms with Gasteiger partial charge in [0.05, 0.1) is 11.9 Å². The molecule has 3 rings (SSSR count). The van der Waals surface area contributed by atoms with Gasteiger partial charge in [0.1, 0.15) is 6.54 Å². The number of esters is 1. The van der Waals surface area contributed by atoms with Crippen LogP contribution in [0.15, 0.2) is 66.7 Å². The molecule has 0 bridgehead atoms. The maximum Gasteiger partial charge on any atom is 0.327 e. The summed E-state index contributed by atoms with van der Waals surface area (Å²) in [6.07, 6.45) is -0.0833. The number of fused-ring (bicyclic) bond motifs is 1. The Morgan fingerprint density at radius 1 is 1.00 bits per heavy atom. The highest BCUT2D eigenvalue weighted by Gasteiger charge is 2.25. The van der Waals surface area contributed by atoms with E-state index in [0.29, 0.717) is 16.9 Å². The highest BCUT2D eigenvalue weighted by Crippen LogP contribution is 2.22. The summed E-state index contributed by atoms with van der Waals surface area (Å²) in [6, 6.07) is 20.0. The molecule has 0 aliphatic carbocycles. The summed E-state index contributed by atoms with van der Waals surface area (Å²) in [7, 11) is -3.73. The third kappa shape index (κ3) is 5.61. The van der Waals surface area contributed by atoms with E-state index in [1.165, 1.54) is 6.92 Å². The van der Waals surface area contributed by atoms with E-state index in [0.717, 1.165) is 21.3 Å². The van der Waals surface area contributed by atoms with Gasteiger partial charge in [-0.05, 0) is 48.4 Å². The molecule has 1 unspecified atom stereocenters. The van der Waals surface area contributed by atoms with Gasteiger partial charge in [-0.2, -0.15) is 0 Å². The smallest absolute Gasteiger partial charge is 0.327 e. The fourth-order valence-electron chi connectivity index (χ4n) is 3.14. The monoisotopic (exact) mass is 440 g/mol. The molecule has 0 saturated heterocycles. The number of amides is 1. The first-order valence-corrected chi connectivity index (χ1v) is 11.5. The van der Waals surface area contributed by atoms with Crippen molar-refractivity contribution in [3.63, 3.8) is 0 Å². The lowest BCUT2D eigenvalue weighted by atomic mass is 10.1. The largest absolute Gasteiger partial charge is 0.451 e. The van der Waals surface area contributed by atoms with Crippen LogP contribution in [-0.2, 0) is 24.3 Å². The second-order valence-corrected chi connectivity index (χ2v) is 9.15. The summed E-state index contributed by atoms with van der Waals surface area (Å²) in [5.74, 6) is -1.33. The van der Waals surface area contributed by atoms with Crippen molar-refractivity contribution in [2.45, 2.75) is 20.0 Å². The number of aryl methyl sites for hydroxylation is 1. The molecule has 0 saturated carbocycles. The molecule has 1 amide bonds. The van der Waals surface area contributed by atoms with Crippen molar-refractivity contribution in [1.82, 2.24) is 0 Å². The quantitative estimate of drug-likeness (QED) is 0.568. The fraction of sp³-hybridized carbons (Fsp3) is 0.217.